The molecule has 3 atom stereocenters. The lowest BCUT2D eigenvalue weighted by Gasteiger charge is -2.37. The number of rotatable bonds is 5. The average molecular weight is 500 g/mol. The Morgan fingerprint density at radius 1 is 1.29 bits per heavy atom. The molecule has 1 N–H and O–H groups in total. The summed E-state index contributed by atoms with van der Waals surface area (Å²) in [5.41, 5.74) is 0.956. The number of aliphatic hydroxyl groups is 1. The van der Waals surface area contributed by atoms with Crippen LogP contribution in [-0.2, 0) is 10.0 Å². The van der Waals surface area contributed by atoms with Crippen LogP contribution in [0.5, 0.6) is 5.75 Å². The molecular weight excluding hydrogens is 466 g/mol. The Kier molecular flexibility index (Phi) is 8.54. The van der Waals surface area contributed by atoms with Gasteiger partial charge in [0.05, 0.1) is 13.2 Å². The Labute approximate surface area is 208 Å². The second-order valence-corrected chi connectivity index (χ2v) is 11.1. The smallest absolute Gasteiger partial charge is 0.272 e. The van der Waals surface area contributed by atoms with Gasteiger partial charge in [-0.3, -0.25) is 9.78 Å². The van der Waals surface area contributed by atoms with Crippen LogP contribution < -0.4 is 4.74 Å². The van der Waals surface area contributed by atoms with Crippen LogP contribution >= 0.6 is 0 Å². The maximum absolute atomic E-state index is 13.5. The number of benzene rings is 1. The molecule has 1 aromatic heterocycles. The normalized spacial score (nSPS) is 20.4. The van der Waals surface area contributed by atoms with E-state index in [9.17, 15) is 18.3 Å². The zero-order valence-corrected chi connectivity index (χ0v) is 21.6. The van der Waals surface area contributed by atoms with Gasteiger partial charge in [0.15, 0.2) is 0 Å². The number of fused-ring (bicyclic) bond motifs is 1. The Bertz CT molecular complexity index is 1200. The van der Waals surface area contributed by atoms with Crippen LogP contribution in [0.25, 0.3) is 0 Å². The van der Waals surface area contributed by atoms with Gasteiger partial charge in [-0.2, -0.15) is 4.31 Å². The van der Waals surface area contributed by atoms with Crippen molar-refractivity contribution in [2.24, 2.45) is 11.8 Å². The third-order valence-corrected chi connectivity index (χ3v) is 7.88. The van der Waals surface area contributed by atoms with Gasteiger partial charge in [0.25, 0.3) is 5.91 Å². The number of ether oxygens (including phenoxy) is 1. The van der Waals surface area contributed by atoms with E-state index in [1.54, 1.807) is 50.5 Å². The molecule has 2 heterocycles. The number of nitrogens with zero attached hydrogens (tertiary/aromatic N) is 3. The van der Waals surface area contributed by atoms with Gasteiger partial charge in [-0.25, -0.2) is 8.42 Å². The third kappa shape index (κ3) is 6.20. The van der Waals surface area contributed by atoms with Gasteiger partial charge in [0.2, 0.25) is 10.0 Å². The predicted octanol–water partition coefficient (Wildman–Crippen LogP) is 2.63. The summed E-state index contributed by atoms with van der Waals surface area (Å²) in [4.78, 5) is 18.6. The van der Waals surface area contributed by atoms with Crippen LogP contribution in [0.4, 0.5) is 0 Å². The highest BCUT2D eigenvalue weighted by molar-refractivity contribution is 7.89. The van der Waals surface area contributed by atoms with E-state index >= 15 is 0 Å². The van der Waals surface area contributed by atoms with Crippen molar-refractivity contribution < 1.29 is 23.1 Å². The molecule has 0 unspecified atom stereocenters. The van der Waals surface area contributed by atoms with Gasteiger partial charge in [-0.15, -0.1) is 0 Å². The summed E-state index contributed by atoms with van der Waals surface area (Å²) < 4.78 is 34.7. The highest BCUT2D eigenvalue weighted by Gasteiger charge is 2.38. The van der Waals surface area contributed by atoms with E-state index < -0.39 is 22.2 Å². The van der Waals surface area contributed by atoms with E-state index in [4.69, 9.17) is 4.74 Å². The highest BCUT2D eigenvalue weighted by atomic mass is 32.2. The molecule has 1 aliphatic heterocycles. The lowest BCUT2D eigenvalue weighted by molar-refractivity contribution is 0.0559. The number of sulfonamides is 1. The molecular formula is C26H33N3O5S. The SMILES string of the molecule is CC(C)C#Cc1ccc2c(c1)O[C@@H](CN(C)C(=O)c1ccccn1)[C@@H](C)CN([C@@H](C)CO)S2(=O)=O. The van der Waals surface area contributed by atoms with Gasteiger partial charge in [-0.1, -0.05) is 38.7 Å². The van der Waals surface area contributed by atoms with Gasteiger partial charge >= 0.3 is 0 Å². The van der Waals surface area contributed by atoms with Gasteiger partial charge in [0.1, 0.15) is 22.4 Å². The van der Waals surface area contributed by atoms with Crippen LogP contribution in [0.1, 0.15) is 43.7 Å². The summed E-state index contributed by atoms with van der Waals surface area (Å²) in [5.74, 6) is 5.94. The number of carbonyl (C=O) groups excluding carboxylic acids is 1. The predicted molar refractivity (Wildman–Crippen MR) is 133 cm³/mol. The van der Waals surface area contributed by atoms with E-state index in [1.807, 2.05) is 20.8 Å². The highest BCUT2D eigenvalue weighted by Crippen LogP contribution is 2.34. The summed E-state index contributed by atoms with van der Waals surface area (Å²) in [6, 6.07) is 9.31. The molecule has 0 saturated carbocycles. The van der Waals surface area contributed by atoms with Gasteiger partial charge < -0.3 is 14.7 Å². The maximum atomic E-state index is 13.5. The van der Waals surface area contributed by atoms with Crippen LogP contribution in [0, 0.1) is 23.7 Å². The van der Waals surface area contributed by atoms with E-state index in [2.05, 4.69) is 16.8 Å². The number of likely N-dealkylation sites (N-methyl/N-ethyl adjacent to an activating group) is 1. The molecule has 0 radical (unpaired) electrons. The molecule has 1 aliphatic rings. The lowest BCUT2D eigenvalue weighted by Crippen LogP contribution is -2.50. The second kappa shape index (κ2) is 11.2. The quantitative estimate of drug-likeness (QED) is 0.635. The number of aromatic nitrogens is 1. The van der Waals surface area contributed by atoms with Crippen molar-refractivity contribution in [2.45, 2.75) is 44.7 Å². The fourth-order valence-electron chi connectivity index (χ4n) is 3.79. The maximum Gasteiger partial charge on any atom is 0.272 e. The fourth-order valence-corrected chi connectivity index (χ4v) is 5.61. The Morgan fingerprint density at radius 3 is 2.66 bits per heavy atom. The van der Waals surface area contributed by atoms with Crippen molar-refractivity contribution in [3.63, 3.8) is 0 Å². The largest absolute Gasteiger partial charge is 0.487 e. The van der Waals surface area contributed by atoms with Crippen LogP contribution in [0.15, 0.2) is 47.5 Å². The Hall–Kier alpha value is -2.93. The zero-order valence-electron chi connectivity index (χ0n) is 20.8. The van der Waals surface area contributed by atoms with Crippen molar-refractivity contribution in [1.29, 1.82) is 0 Å². The third-order valence-electron chi connectivity index (χ3n) is 5.86. The molecule has 0 saturated heterocycles. The van der Waals surface area contributed by atoms with Crippen LogP contribution in [0.3, 0.4) is 0 Å². The van der Waals surface area contributed by atoms with E-state index in [-0.39, 0.29) is 48.1 Å². The van der Waals surface area contributed by atoms with Crippen molar-refractivity contribution in [3.8, 4) is 17.6 Å². The van der Waals surface area contributed by atoms with Gasteiger partial charge in [0, 0.05) is 43.2 Å². The minimum atomic E-state index is -3.94. The number of pyridine rings is 1. The summed E-state index contributed by atoms with van der Waals surface area (Å²) in [6.45, 7) is 7.53. The van der Waals surface area contributed by atoms with Crippen molar-refractivity contribution in [1.82, 2.24) is 14.2 Å². The molecule has 8 nitrogen and oxygen atoms in total. The molecule has 1 amide bonds. The molecule has 2 aromatic rings. The molecule has 3 rings (SSSR count). The van der Waals surface area contributed by atoms with Gasteiger partial charge in [-0.05, 0) is 37.3 Å². The van der Waals surface area contributed by atoms with Crippen LogP contribution in [0.2, 0.25) is 0 Å². The molecule has 0 bridgehead atoms. The van der Waals surface area contributed by atoms with Crippen molar-refractivity contribution in [2.75, 3.05) is 26.7 Å². The van der Waals surface area contributed by atoms with Crippen LogP contribution in [-0.4, -0.2) is 72.5 Å². The monoisotopic (exact) mass is 499 g/mol. The molecule has 1 aromatic carbocycles. The van der Waals surface area contributed by atoms with E-state index in [1.165, 1.54) is 15.3 Å². The van der Waals surface area contributed by atoms with Crippen molar-refractivity contribution in [3.05, 3.63) is 53.9 Å². The standard InChI is InChI=1S/C26H33N3O5S/c1-18(2)9-10-21-11-12-25-23(14-21)34-24(16-28(5)26(31)22-8-6-7-13-27-22)19(3)15-29(20(4)17-30)35(25,32)33/h6-8,11-14,18-20,24,30H,15-17H2,1-5H3/t19-,20-,24-/m0/s1. The van der Waals surface area contributed by atoms with Crippen molar-refractivity contribution >= 4 is 15.9 Å². The summed E-state index contributed by atoms with van der Waals surface area (Å²) >= 11 is 0. The zero-order chi connectivity index (χ0) is 25.8. The Balaban J connectivity index is 2.02. The number of aliphatic hydroxyl groups excluding tert-OH is 1. The first-order chi connectivity index (χ1) is 16.5. The first-order valence-corrected chi connectivity index (χ1v) is 13.1. The summed E-state index contributed by atoms with van der Waals surface area (Å²) in [6.07, 6.45) is 1.05. The first kappa shape index (κ1) is 26.7. The molecule has 35 heavy (non-hydrogen) atoms. The fraction of sp³-hybridized carbons (Fsp3) is 0.462. The number of hydrogen-bond acceptors (Lipinski definition) is 6. The van der Waals surface area contributed by atoms with E-state index in [0.29, 0.717) is 11.3 Å². The van der Waals surface area contributed by atoms with E-state index in [0.717, 1.165) is 0 Å². The minimum Gasteiger partial charge on any atom is -0.487 e. The second-order valence-electron chi connectivity index (χ2n) is 9.23. The molecule has 0 spiro atoms. The first-order valence-electron chi connectivity index (χ1n) is 11.7. The molecule has 0 fully saturated rings. The number of amides is 1. The minimum absolute atomic E-state index is 0.0171. The summed E-state index contributed by atoms with van der Waals surface area (Å²) in [7, 11) is -2.27. The molecule has 0 aliphatic carbocycles. The number of hydrogen-bond donors (Lipinski definition) is 1. The number of carbonyl (C=O) groups is 1. The average Bonchev–Trinajstić information content (AvgIpc) is 2.84. The Morgan fingerprint density at radius 2 is 2.03 bits per heavy atom. The molecule has 9 heteroatoms. The summed E-state index contributed by atoms with van der Waals surface area (Å²) in [5, 5.41) is 9.78. The lowest BCUT2D eigenvalue weighted by atomic mass is 10.0. The topological polar surface area (TPSA) is 100 Å². The molecule has 188 valence electrons.